The van der Waals surface area contributed by atoms with Crippen molar-refractivity contribution in [3.8, 4) is 0 Å². The van der Waals surface area contributed by atoms with Gasteiger partial charge in [0.25, 0.3) is 0 Å². The molecule has 0 aromatic heterocycles. The molecule has 18 heavy (non-hydrogen) atoms. The van der Waals surface area contributed by atoms with Gasteiger partial charge < -0.3 is 0 Å². The summed E-state index contributed by atoms with van der Waals surface area (Å²) in [5, 5.41) is 0. The summed E-state index contributed by atoms with van der Waals surface area (Å²) >= 11 is 5.67. The van der Waals surface area contributed by atoms with Crippen LogP contribution in [0.2, 0.25) is 0 Å². The van der Waals surface area contributed by atoms with Crippen LogP contribution in [0.1, 0.15) is 19.3 Å². The number of benzene rings is 1. The molecule has 1 aliphatic rings. The Morgan fingerprint density at radius 3 is 2.61 bits per heavy atom. The predicted molar refractivity (Wildman–Crippen MR) is 68.7 cm³/mol. The average Bonchev–Trinajstić information content (AvgIpc) is 2.26. The zero-order valence-electron chi connectivity index (χ0n) is 9.85. The van der Waals surface area contributed by atoms with Crippen molar-refractivity contribution in [2.45, 2.75) is 30.2 Å². The number of rotatable bonds is 5. The number of nitrogens with zero attached hydrogens (tertiary/aromatic N) is 1. The van der Waals surface area contributed by atoms with Crippen molar-refractivity contribution >= 4 is 21.6 Å². The minimum absolute atomic E-state index is 0.000448. The summed E-state index contributed by atoms with van der Waals surface area (Å²) in [5.41, 5.74) is 0. The van der Waals surface area contributed by atoms with Crippen LogP contribution in [0.4, 0.5) is 4.39 Å². The molecule has 0 heterocycles. The first-order valence-corrected chi connectivity index (χ1v) is 7.86. The molecular formula is C12H15ClFNO2S. The smallest absolute Gasteiger partial charge is 0.207 e. The van der Waals surface area contributed by atoms with Gasteiger partial charge >= 0.3 is 0 Å². The summed E-state index contributed by atoms with van der Waals surface area (Å²) in [6, 6.07) is 5.11. The summed E-state index contributed by atoms with van der Waals surface area (Å²) in [6.45, 7) is 0.269. The maximum absolute atomic E-state index is 13.1. The van der Waals surface area contributed by atoms with E-state index < -0.39 is 15.8 Å². The highest BCUT2D eigenvalue weighted by atomic mass is 35.5. The maximum atomic E-state index is 13.1. The van der Waals surface area contributed by atoms with Crippen LogP contribution in [0.5, 0.6) is 0 Å². The summed E-state index contributed by atoms with van der Waals surface area (Å²) in [5.74, 6) is -0.305. The monoisotopic (exact) mass is 291 g/mol. The first kappa shape index (κ1) is 13.8. The average molecular weight is 292 g/mol. The number of hydrogen-bond donors (Lipinski definition) is 0. The SMILES string of the molecule is O=S(=O)(c1cccc(F)c1)N(CCCl)C1CCC1. The Labute approximate surface area is 112 Å². The fourth-order valence-electron chi connectivity index (χ4n) is 2.02. The van der Waals surface area contributed by atoms with Crippen molar-refractivity contribution in [3.05, 3.63) is 30.1 Å². The van der Waals surface area contributed by atoms with Gasteiger partial charge in [0.1, 0.15) is 5.82 Å². The van der Waals surface area contributed by atoms with Gasteiger partial charge in [-0.1, -0.05) is 12.5 Å². The molecule has 1 fully saturated rings. The molecule has 0 unspecified atom stereocenters. The second-order valence-corrected chi connectivity index (χ2v) is 6.62. The molecule has 0 saturated heterocycles. The van der Waals surface area contributed by atoms with E-state index in [2.05, 4.69) is 0 Å². The molecule has 0 atom stereocenters. The first-order chi connectivity index (χ1) is 8.55. The third-order valence-electron chi connectivity index (χ3n) is 3.19. The molecular weight excluding hydrogens is 277 g/mol. The fraction of sp³-hybridized carbons (Fsp3) is 0.500. The van der Waals surface area contributed by atoms with Gasteiger partial charge in [0.05, 0.1) is 4.90 Å². The maximum Gasteiger partial charge on any atom is 0.243 e. The number of alkyl halides is 1. The molecule has 0 spiro atoms. The standard InChI is InChI=1S/C12H15ClFNO2S/c13-7-8-15(11-4-2-5-11)18(16,17)12-6-1-3-10(14)9-12/h1,3,6,9,11H,2,4-5,7-8H2. The van der Waals surface area contributed by atoms with Crippen molar-refractivity contribution < 1.29 is 12.8 Å². The van der Waals surface area contributed by atoms with Crippen LogP contribution in [-0.4, -0.2) is 31.2 Å². The Kier molecular flexibility index (Phi) is 4.25. The van der Waals surface area contributed by atoms with Crippen LogP contribution in [0, 0.1) is 5.82 Å². The topological polar surface area (TPSA) is 37.4 Å². The summed E-state index contributed by atoms with van der Waals surface area (Å²) in [7, 11) is -3.64. The minimum Gasteiger partial charge on any atom is -0.207 e. The van der Waals surface area contributed by atoms with Crippen molar-refractivity contribution in [2.24, 2.45) is 0 Å². The van der Waals surface area contributed by atoms with Crippen LogP contribution in [0.3, 0.4) is 0 Å². The summed E-state index contributed by atoms with van der Waals surface area (Å²) in [6.07, 6.45) is 2.74. The zero-order valence-corrected chi connectivity index (χ0v) is 11.4. The highest BCUT2D eigenvalue weighted by molar-refractivity contribution is 7.89. The highest BCUT2D eigenvalue weighted by Crippen LogP contribution is 2.29. The van der Waals surface area contributed by atoms with Crippen molar-refractivity contribution in [1.82, 2.24) is 4.31 Å². The van der Waals surface area contributed by atoms with Crippen molar-refractivity contribution in [2.75, 3.05) is 12.4 Å². The van der Waals surface area contributed by atoms with Crippen LogP contribution in [-0.2, 0) is 10.0 Å². The van der Waals surface area contributed by atoms with Gasteiger partial charge in [-0.05, 0) is 31.0 Å². The van der Waals surface area contributed by atoms with Crippen molar-refractivity contribution in [3.63, 3.8) is 0 Å². The number of sulfonamides is 1. The van der Waals surface area contributed by atoms with E-state index in [1.54, 1.807) is 0 Å². The molecule has 6 heteroatoms. The van der Waals surface area contributed by atoms with Crippen LogP contribution in [0.25, 0.3) is 0 Å². The third kappa shape index (κ3) is 2.68. The van der Waals surface area contributed by atoms with E-state index in [0.29, 0.717) is 0 Å². The summed E-state index contributed by atoms with van der Waals surface area (Å²) < 4.78 is 39.4. The van der Waals surface area contributed by atoms with E-state index in [4.69, 9.17) is 11.6 Å². The van der Waals surface area contributed by atoms with Gasteiger partial charge in [-0.15, -0.1) is 11.6 Å². The van der Waals surface area contributed by atoms with Crippen LogP contribution < -0.4 is 0 Å². The molecule has 0 N–H and O–H groups in total. The quantitative estimate of drug-likeness (QED) is 0.782. The Morgan fingerprint density at radius 1 is 1.39 bits per heavy atom. The minimum atomic E-state index is -3.64. The van der Waals surface area contributed by atoms with Gasteiger partial charge in [-0.3, -0.25) is 0 Å². The van der Waals surface area contributed by atoms with Crippen LogP contribution in [0.15, 0.2) is 29.2 Å². The largest absolute Gasteiger partial charge is 0.243 e. The predicted octanol–water partition coefficient (Wildman–Crippen LogP) is 2.61. The Morgan fingerprint density at radius 2 is 2.11 bits per heavy atom. The lowest BCUT2D eigenvalue weighted by Gasteiger charge is -2.36. The van der Waals surface area contributed by atoms with Gasteiger partial charge in [0.15, 0.2) is 0 Å². The van der Waals surface area contributed by atoms with E-state index in [-0.39, 0.29) is 23.4 Å². The van der Waals surface area contributed by atoms with Crippen LogP contribution >= 0.6 is 11.6 Å². The molecule has 0 radical (unpaired) electrons. The number of hydrogen-bond acceptors (Lipinski definition) is 2. The normalized spacial score (nSPS) is 16.8. The molecule has 0 aliphatic heterocycles. The molecule has 3 nitrogen and oxygen atoms in total. The van der Waals surface area contributed by atoms with Gasteiger partial charge in [-0.25, -0.2) is 12.8 Å². The first-order valence-electron chi connectivity index (χ1n) is 5.89. The molecule has 1 aromatic carbocycles. The second-order valence-electron chi connectivity index (χ2n) is 4.35. The Bertz CT molecular complexity index is 517. The van der Waals surface area contributed by atoms with E-state index >= 15 is 0 Å². The Hall–Kier alpha value is -0.650. The zero-order chi connectivity index (χ0) is 13.2. The molecule has 0 amide bonds. The second kappa shape index (κ2) is 5.55. The molecule has 1 saturated carbocycles. The molecule has 1 aromatic rings. The molecule has 0 bridgehead atoms. The van der Waals surface area contributed by atoms with E-state index in [1.807, 2.05) is 0 Å². The third-order valence-corrected chi connectivity index (χ3v) is 5.31. The Balaban J connectivity index is 2.32. The molecule has 100 valence electrons. The van der Waals surface area contributed by atoms with E-state index in [1.165, 1.54) is 22.5 Å². The highest BCUT2D eigenvalue weighted by Gasteiger charge is 2.34. The molecule has 1 aliphatic carbocycles. The van der Waals surface area contributed by atoms with Gasteiger partial charge in [0, 0.05) is 18.5 Å². The van der Waals surface area contributed by atoms with E-state index in [0.717, 1.165) is 25.3 Å². The lowest BCUT2D eigenvalue weighted by Crippen LogP contribution is -2.45. The summed E-state index contributed by atoms with van der Waals surface area (Å²) in [4.78, 5) is -0.000448. The van der Waals surface area contributed by atoms with Crippen molar-refractivity contribution in [1.29, 1.82) is 0 Å². The lowest BCUT2D eigenvalue weighted by molar-refractivity contribution is 0.227. The lowest BCUT2D eigenvalue weighted by atomic mass is 9.93. The van der Waals surface area contributed by atoms with Gasteiger partial charge in [-0.2, -0.15) is 4.31 Å². The fourth-order valence-corrected chi connectivity index (χ4v) is 4.02. The molecule has 2 rings (SSSR count). The van der Waals surface area contributed by atoms with E-state index in [9.17, 15) is 12.8 Å². The number of halogens is 2. The van der Waals surface area contributed by atoms with Gasteiger partial charge in [0.2, 0.25) is 10.0 Å².